The van der Waals surface area contributed by atoms with E-state index in [1.54, 1.807) is 0 Å². The van der Waals surface area contributed by atoms with Crippen LogP contribution in [-0.2, 0) is 30.8 Å². The molecule has 0 saturated heterocycles. The van der Waals surface area contributed by atoms with Crippen LogP contribution in [0.5, 0.6) is 11.5 Å². The number of benzene rings is 4. The van der Waals surface area contributed by atoms with E-state index in [2.05, 4.69) is 63.2 Å². The number of carbonyl (C=O) groups excluding carboxylic acids is 1. The highest BCUT2D eigenvalue weighted by molar-refractivity contribution is 6.06. The Morgan fingerprint density at radius 3 is 1.79 bits per heavy atom. The minimum Gasteiger partial charge on any atom is -0.488 e. The molecule has 0 aliphatic carbocycles. The second-order valence-corrected chi connectivity index (χ2v) is 10.3. The Bertz CT molecular complexity index is 1400. The first-order valence-electron chi connectivity index (χ1n) is 13.9. The molecule has 5 rings (SSSR count). The van der Waals surface area contributed by atoms with Crippen molar-refractivity contribution in [1.29, 1.82) is 0 Å². The molecule has 200 valence electrons. The zero-order valence-electron chi connectivity index (χ0n) is 23.4. The van der Waals surface area contributed by atoms with Crippen LogP contribution in [0.1, 0.15) is 53.6 Å². The zero-order valence-corrected chi connectivity index (χ0v) is 23.4. The molecule has 0 saturated carbocycles. The summed E-state index contributed by atoms with van der Waals surface area (Å²) in [5.74, 6) is 1.73. The Morgan fingerprint density at radius 2 is 1.28 bits per heavy atom. The number of likely N-dealkylation sites (N-methyl/N-ethyl adjacent to an activating group) is 1. The zero-order chi connectivity index (χ0) is 27.4. The Hall–Kier alpha value is -4.05. The van der Waals surface area contributed by atoms with E-state index in [1.807, 2.05) is 48.2 Å². The molecule has 1 heterocycles. The lowest BCUT2D eigenvalue weighted by Crippen LogP contribution is -2.26. The second kappa shape index (κ2) is 11.8. The van der Waals surface area contributed by atoms with Crippen molar-refractivity contribution in [2.24, 2.45) is 0 Å². The quantitative estimate of drug-likeness (QED) is 0.213. The Morgan fingerprint density at radius 1 is 0.718 bits per heavy atom. The summed E-state index contributed by atoms with van der Waals surface area (Å²) in [6, 6.07) is 27.0. The van der Waals surface area contributed by atoms with Crippen molar-refractivity contribution in [3.05, 3.63) is 112 Å². The highest BCUT2D eigenvalue weighted by Crippen LogP contribution is 2.48. The van der Waals surface area contributed by atoms with Crippen molar-refractivity contribution in [1.82, 2.24) is 0 Å². The van der Waals surface area contributed by atoms with E-state index in [9.17, 15) is 4.79 Å². The smallest absolute Gasteiger partial charge is 0.231 e. The van der Waals surface area contributed by atoms with Crippen LogP contribution in [0.2, 0.25) is 0 Å². The van der Waals surface area contributed by atoms with Crippen molar-refractivity contribution >= 4 is 11.6 Å². The van der Waals surface area contributed by atoms with Gasteiger partial charge < -0.3 is 14.4 Å². The first-order valence-corrected chi connectivity index (χ1v) is 13.9. The third-order valence-electron chi connectivity index (χ3n) is 7.39. The normalized spacial score (nSPS) is 12.5. The van der Waals surface area contributed by atoms with E-state index < -0.39 is 0 Å². The molecule has 0 N–H and O–H groups in total. The predicted octanol–water partition coefficient (Wildman–Crippen LogP) is 7.99. The van der Waals surface area contributed by atoms with Crippen molar-refractivity contribution in [2.75, 3.05) is 11.4 Å². The Labute approximate surface area is 232 Å². The van der Waals surface area contributed by atoms with Crippen LogP contribution in [-0.4, -0.2) is 12.5 Å². The number of fused-ring (bicyclic) bond motifs is 1. The summed E-state index contributed by atoms with van der Waals surface area (Å²) in [7, 11) is 0. The fourth-order valence-corrected chi connectivity index (χ4v) is 5.68. The molecular weight excluding hydrogens is 482 g/mol. The van der Waals surface area contributed by atoms with Crippen LogP contribution >= 0.6 is 0 Å². The first kappa shape index (κ1) is 26.6. The van der Waals surface area contributed by atoms with Gasteiger partial charge in [-0.3, -0.25) is 4.79 Å². The lowest BCUT2D eigenvalue weighted by atomic mass is 9.89. The third kappa shape index (κ3) is 5.56. The first-order chi connectivity index (χ1) is 19.0. The molecule has 4 nitrogen and oxygen atoms in total. The monoisotopic (exact) mass is 519 g/mol. The molecule has 1 aliphatic rings. The minimum absolute atomic E-state index is 0.142. The number of hydrogen-bond donors (Lipinski definition) is 0. The fourth-order valence-electron chi connectivity index (χ4n) is 5.68. The largest absolute Gasteiger partial charge is 0.488 e. The number of hydrogen-bond acceptors (Lipinski definition) is 3. The molecule has 39 heavy (non-hydrogen) atoms. The molecule has 0 bridgehead atoms. The van der Waals surface area contributed by atoms with E-state index in [0.717, 1.165) is 69.0 Å². The van der Waals surface area contributed by atoms with Crippen molar-refractivity contribution in [2.45, 2.75) is 60.2 Å². The molecular formula is C35H37NO3. The van der Waals surface area contributed by atoms with Crippen LogP contribution < -0.4 is 14.4 Å². The van der Waals surface area contributed by atoms with Crippen molar-refractivity contribution < 1.29 is 14.3 Å². The molecule has 4 heteroatoms. The summed E-state index contributed by atoms with van der Waals surface area (Å²) in [6.45, 7) is 10.0. The summed E-state index contributed by atoms with van der Waals surface area (Å²) in [5.41, 5.74) is 9.72. The van der Waals surface area contributed by atoms with Gasteiger partial charge in [-0.05, 0) is 78.3 Å². The maximum atomic E-state index is 13.1. The van der Waals surface area contributed by atoms with Crippen LogP contribution in [0.15, 0.2) is 78.9 Å². The van der Waals surface area contributed by atoms with Gasteiger partial charge in [0.25, 0.3) is 0 Å². The summed E-state index contributed by atoms with van der Waals surface area (Å²) < 4.78 is 13.2. The summed E-state index contributed by atoms with van der Waals surface area (Å²) >= 11 is 0. The van der Waals surface area contributed by atoms with E-state index in [-0.39, 0.29) is 5.91 Å². The van der Waals surface area contributed by atoms with Gasteiger partial charge in [-0.1, -0.05) is 80.1 Å². The molecule has 0 spiro atoms. The molecule has 0 fully saturated rings. The maximum Gasteiger partial charge on any atom is 0.231 e. The maximum absolute atomic E-state index is 13.1. The number of carbonyl (C=O) groups is 1. The Balaban J connectivity index is 1.69. The van der Waals surface area contributed by atoms with Gasteiger partial charge in [0, 0.05) is 6.54 Å². The number of amides is 1. The number of ether oxygens (including phenoxy) is 2. The molecule has 4 aromatic rings. The molecule has 0 atom stereocenters. The molecule has 1 aliphatic heterocycles. The summed E-state index contributed by atoms with van der Waals surface area (Å²) in [6.07, 6.45) is 2.33. The Kier molecular flexibility index (Phi) is 8.02. The highest BCUT2D eigenvalue weighted by atomic mass is 16.5. The molecule has 0 radical (unpaired) electrons. The summed E-state index contributed by atoms with van der Waals surface area (Å²) in [5, 5.41) is 0. The lowest BCUT2D eigenvalue weighted by Gasteiger charge is -2.24. The van der Waals surface area contributed by atoms with Crippen molar-refractivity contribution in [3.63, 3.8) is 0 Å². The van der Waals surface area contributed by atoms with Gasteiger partial charge in [-0.25, -0.2) is 0 Å². The molecule has 0 aromatic heterocycles. The topological polar surface area (TPSA) is 38.8 Å². The van der Waals surface area contributed by atoms with E-state index in [0.29, 0.717) is 26.2 Å². The molecule has 1 amide bonds. The average molecular weight is 520 g/mol. The molecule has 0 unspecified atom stereocenters. The number of aryl methyl sites for hydroxylation is 3. The van der Waals surface area contributed by atoms with Crippen LogP contribution in [0.25, 0.3) is 11.1 Å². The van der Waals surface area contributed by atoms with Gasteiger partial charge in [0.2, 0.25) is 5.91 Å². The molecule has 4 aromatic carbocycles. The number of nitrogens with zero attached hydrogens (tertiary/aromatic N) is 1. The average Bonchev–Trinajstić information content (AvgIpc) is 3.29. The SMILES string of the molecule is CCCc1cc(OCc2ccccc2)c(-c2c(C)cc(C)c3c2CC(=O)N3CC)c(OCc2ccccc2)c1. The van der Waals surface area contributed by atoms with Gasteiger partial charge in [-0.2, -0.15) is 0 Å². The van der Waals surface area contributed by atoms with Gasteiger partial charge in [-0.15, -0.1) is 0 Å². The standard InChI is InChI=1S/C35H37NO3/c1-5-13-28-19-30(38-22-26-14-9-7-10-15-26)34(31(20-28)39-23-27-16-11-8-12-17-27)33-24(3)18-25(4)35-29(33)21-32(37)36(35)6-2/h7-12,14-20H,5-6,13,21-23H2,1-4H3. The third-order valence-corrected chi connectivity index (χ3v) is 7.39. The van der Waals surface area contributed by atoms with Crippen LogP contribution in [0.4, 0.5) is 5.69 Å². The second-order valence-electron chi connectivity index (χ2n) is 10.3. The lowest BCUT2D eigenvalue weighted by molar-refractivity contribution is -0.117. The van der Waals surface area contributed by atoms with Gasteiger partial charge in [0.1, 0.15) is 24.7 Å². The van der Waals surface area contributed by atoms with E-state index in [1.165, 1.54) is 5.56 Å². The van der Waals surface area contributed by atoms with E-state index >= 15 is 0 Å². The van der Waals surface area contributed by atoms with Gasteiger partial charge in [0.05, 0.1) is 17.7 Å². The van der Waals surface area contributed by atoms with Crippen LogP contribution in [0.3, 0.4) is 0 Å². The number of anilines is 1. The predicted molar refractivity (Wildman–Crippen MR) is 159 cm³/mol. The summed E-state index contributed by atoms with van der Waals surface area (Å²) in [4.78, 5) is 15.0. The van der Waals surface area contributed by atoms with Gasteiger partial charge >= 0.3 is 0 Å². The van der Waals surface area contributed by atoms with Crippen molar-refractivity contribution in [3.8, 4) is 22.6 Å². The number of rotatable bonds is 10. The van der Waals surface area contributed by atoms with Crippen LogP contribution in [0, 0.1) is 13.8 Å². The van der Waals surface area contributed by atoms with E-state index in [4.69, 9.17) is 9.47 Å². The van der Waals surface area contributed by atoms with Gasteiger partial charge in [0.15, 0.2) is 0 Å². The fraction of sp³-hybridized carbons (Fsp3) is 0.286. The highest BCUT2D eigenvalue weighted by Gasteiger charge is 2.33. The minimum atomic E-state index is 0.142.